The predicted molar refractivity (Wildman–Crippen MR) is 115 cm³/mol. The molecule has 1 amide bonds. The molecule has 0 aliphatic heterocycles. The first-order valence-corrected chi connectivity index (χ1v) is 10.5. The number of fused-ring (bicyclic) bond motifs is 3. The summed E-state index contributed by atoms with van der Waals surface area (Å²) in [6, 6.07) is 8.31. The summed E-state index contributed by atoms with van der Waals surface area (Å²) < 4.78 is 6.45. The van der Waals surface area contributed by atoms with Gasteiger partial charge in [-0.15, -0.1) is 0 Å². The number of hydrogen-bond donors (Lipinski definition) is 1. The molecule has 8 heteroatoms. The Kier molecular flexibility index (Phi) is 6.06. The maximum absolute atomic E-state index is 12.5. The monoisotopic (exact) mass is 419 g/mol. The van der Waals surface area contributed by atoms with Gasteiger partial charge in [0.05, 0.1) is 36.2 Å². The second kappa shape index (κ2) is 9.07. The largest absolute Gasteiger partial charge is 0.466 e. The number of rotatable bonds is 6. The van der Waals surface area contributed by atoms with Gasteiger partial charge in [-0.2, -0.15) is 5.10 Å². The number of carbonyl (C=O) groups excluding carboxylic acids is 2. The van der Waals surface area contributed by atoms with Crippen molar-refractivity contribution in [3.63, 3.8) is 0 Å². The van der Waals surface area contributed by atoms with Crippen molar-refractivity contribution in [2.24, 2.45) is 0 Å². The van der Waals surface area contributed by atoms with E-state index in [1.807, 2.05) is 12.3 Å². The SMILES string of the molecule is CCOC(=O)CCNC(=O)c1cnn(-c2ncc3c(n2)-c2ccccc2CCC3)c1C. The molecule has 0 fully saturated rings. The minimum absolute atomic E-state index is 0.125. The topological polar surface area (TPSA) is 99.0 Å². The molecule has 1 N–H and O–H groups in total. The Balaban J connectivity index is 1.57. The van der Waals surface area contributed by atoms with Gasteiger partial charge in [0.1, 0.15) is 0 Å². The summed E-state index contributed by atoms with van der Waals surface area (Å²) in [4.78, 5) is 33.3. The van der Waals surface area contributed by atoms with Crippen LogP contribution in [0.1, 0.15) is 46.9 Å². The van der Waals surface area contributed by atoms with Crippen molar-refractivity contribution in [1.29, 1.82) is 0 Å². The molecule has 1 aliphatic carbocycles. The molecule has 0 saturated heterocycles. The third-order valence-electron chi connectivity index (χ3n) is 5.38. The third kappa shape index (κ3) is 4.33. The van der Waals surface area contributed by atoms with E-state index in [-0.39, 0.29) is 24.8 Å². The van der Waals surface area contributed by atoms with Crippen LogP contribution in [0.15, 0.2) is 36.7 Å². The predicted octanol–water partition coefficient (Wildman–Crippen LogP) is 2.81. The van der Waals surface area contributed by atoms with Gasteiger partial charge in [-0.3, -0.25) is 9.59 Å². The highest BCUT2D eigenvalue weighted by Crippen LogP contribution is 2.31. The van der Waals surface area contributed by atoms with Gasteiger partial charge in [0, 0.05) is 18.3 Å². The first-order valence-electron chi connectivity index (χ1n) is 10.5. The smallest absolute Gasteiger partial charge is 0.307 e. The normalized spacial score (nSPS) is 12.5. The Hall–Kier alpha value is -3.55. The van der Waals surface area contributed by atoms with Crippen molar-refractivity contribution in [1.82, 2.24) is 25.1 Å². The van der Waals surface area contributed by atoms with E-state index in [9.17, 15) is 9.59 Å². The van der Waals surface area contributed by atoms with E-state index < -0.39 is 0 Å². The molecule has 160 valence electrons. The summed E-state index contributed by atoms with van der Waals surface area (Å²) in [5.74, 6) is -0.208. The zero-order valence-electron chi connectivity index (χ0n) is 17.7. The number of aryl methyl sites for hydroxylation is 2. The fourth-order valence-corrected chi connectivity index (χ4v) is 3.79. The number of nitrogens with one attached hydrogen (secondary N) is 1. The summed E-state index contributed by atoms with van der Waals surface area (Å²) in [7, 11) is 0. The van der Waals surface area contributed by atoms with Crippen LogP contribution in [0.25, 0.3) is 17.2 Å². The van der Waals surface area contributed by atoms with Gasteiger partial charge in [0.2, 0.25) is 0 Å². The lowest BCUT2D eigenvalue weighted by molar-refractivity contribution is -0.142. The number of hydrogen-bond acceptors (Lipinski definition) is 6. The van der Waals surface area contributed by atoms with Crippen LogP contribution in [-0.2, 0) is 22.4 Å². The van der Waals surface area contributed by atoms with Crippen LogP contribution >= 0.6 is 0 Å². The fourth-order valence-electron chi connectivity index (χ4n) is 3.79. The first kappa shape index (κ1) is 20.7. The highest BCUT2D eigenvalue weighted by atomic mass is 16.5. The van der Waals surface area contributed by atoms with Crippen molar-refractivity contribution in [2.45, 2.75) is 39.5 Å². The highest BCUT2D eigenvalue weighted by Gasteiger charge is 2.20. The van der Waals surface area contributed by atoms with Gasteiger partial charge in [-0.1, -0.05) is 24.3 Å². The molecule has 2 aromatic heterocycles. The lowest BCUT2D eigenvalue weighted by Crippen LogP contribution is -2.27. The zero-order chi connectivity index (χ0) is 21.8. The standard InChI is InChI=1S/C23H25N5O3/c1-3-31-20(29)11-12-24-22(30)19-14-26-28(15(19)2)23-25-13-17-9-6-8-16-7-4-5-10-18(16)21(17)27-23/h4-5,7,10,13-14H,3,6,8-9,11-12H2,1-2H3,(H,24,30). The maximum atomic E-state index is 12.5. The summed E-state index contributed by atoms with van der Waals surface area (Å²) in [6.45, 7) is 4.08. The van der Waals surface area contributed by atoms with Crippen molar-refractivity contribution in [3.05, 3.63) is 59.0 Å². The second-order valence-electron chi connectivity index (χ2n) is 7.42. The van der Waals surface area contributed by atoms with Crippen LogP contribution in [0.4, 0.5) is 0 Å². The number of carbonyl (C=O) groups is 2. The molecule has 2 heterocycles. The third-order valence-corrected chi connectivity index (χ3v) is 5.38. The van der Waals surface area contributed by atoms with Crippen LogP contribution in [0.3, 0.4) is 0 Å². The zero-order valence-corrected chi connectivity index (χ0v) is 17.7. The van der Waals surface area contributed by atoms with E-state index in [4.69, 9.17) is 9.72 Å². The molecule has 1 aromatic carbocycles. The van der Waals surface area contributed by atoms with Crippen molar-refractivity contribution in [2.75, 3.05) is 13.2 Å². The average Bonchev–Trinajstić information content (AvgIpc) is 3.05. The number of aromatic nitrogens is 4. The van der Waals surface area contributed by atoms with Crippen LogP contribution in [0.5, 0.6) is 0 Å². The summed E-state index contributed by atoms with van der Waals surface area (Å²) in [5, 5.41) is 7.08. The molecule has 0 atom stereocenters. The number of benzene rings is 1. The Morgan fingerprint density at radius 3 is 2.81 bits per heavy atom. The molecule has 3 aromatic rings. The molecule has 31 heavy (non-hydrogen) atoms. The number of ether oxygens (including phenoxy) is 1. The van der Waals surface area contributed by atoms with Crippen molar-refractivity contribution >= 4 is 11.9 Å². The van der Waals surface area contributed by atoms with E-state index in [2.05, 4.69) is 33.6 Å². The molecule has 0 radical (unpaired) electrons. The summed E-state index contributed by atoms with van der Waals surface area (Å²) >= 11 is 0. The van der Waals surface area contributed by atoms with Crippen LogP contribution < -0.4 is 5.32 Å². The lowest BCUT2D eigenvalue weighted by atomic mass is 10.0. The first-order chi connectivity index (χ1) is 15.1. The molecule has 8 nitrogen and oxygen atoms in total. The molecule has 0 bridgehead atoms. The molecular weight excluding hydrogens is 394 g/mol. The van der Waals surface area contributed by atoms with Gasteiger partial charge in [-0.05, 0) is 44.2 Å². The van der Waals surface area contributed by atoms with Crippen molar-refractivity contribution < 1.29 is 14.3 Å². The lowest BCUT2D eigenvalue weighted by Gasteiger charge is -2.10. The molecule has 0 saturated carbocycles. The molecule has 1 aliphatic rings. The minimum Gasteiger partial charge on any atom is -0.466 e. The Morgan fingerprint density at radius 2 is 1.97 bits per heavy atom. The van der Waals surface area contributed by atoms with Gasteiger partial charge < -0.3 is 10.1 Å². The van der Waals surface area contributed by atoms with E-state index in [0.29, 0.717) is 23.8 Å². The van der Waals surface area contributed by atoms with Gasteiger partial charge >= 0.3 is 5.97 Å². The second-order valence-corrected chi connectivity index (χ2v) is 7.42. The van der Waals surface area contributed by atoms with Crippen LogP contribution in [0.2, 0.25) is 0 Å². The molecular formula is C23H25N5O3. The van der Waals surface area contributed by atoms with Crippen molar-refractivity contribution in [3.8, 4) is 17.2 Å². The number of amides is 1. The molecule has 4 rings (SSSR count). The van der Waals surface area contributed by atoms with Crippen LogP contribution in [0, 0.1) is 6.92 Å². The molecule has 0 unspecified atom stereocenters. The Labute approximate surface area is 180 Å². The van der Waals surface area contributed by atoms with Crippen LogP contribution in [-0.4, -0.2) is 44.8 Å². The number of esters is 1. The quantitative estimate of drug-likeness (QED) is 0.617. The van der Waals surface area contributed by atoms with Gasteiger partial charge in [0.25, 0.3) is 11.9 Å². The number of nitrogens with zero attached hydrogens (tertiary/aromatic N) is 4. The van der Waals surface area contributed by atoms with E-state index in [1.54, 1.807) is 18.5 Å². The fraction of sp³-hybridized carbons (Fsp3) is 0.348. The minimum atomic E-state index is -0.339. The van der Waals surface area contributed by atoms with Gasteiger partial charge in [-0.25, -0.2) is 14.6 Å². The summed E-state index contributed by atoms with van der Waals surface area (Å²) in [6.07, 6.45) is 6.48. The Morgan fingerprint density at radius 1 is 1.16 bits per heavy atom. The average molecular weight is 419 g/mol. The Bertz CT molecular complexity index is 1120. The maximum Gasteiger partial charge on any atom is 0.307 e. The molecule has 0 spiro atoms. The summed E-state index contributed by atoms with van der Waals surface area (Å²) in [5.41, 5.74) is 5.51. The van der Waals surface area contributed by atoms with E-state index in [0.717, 1.165) is 36.1 Å². The van der Waals surface area contributed by atoms with Gasteiger partial charge in [0.15, 0.2) is 0 Å². The van der Waals surface area contributed by atoms with E-state index >= 15 is 0 Å². The highest BCUT2D eigenvalue weighted by molar-refractivity contribution is 5.95. The van der Waals surface area contributed by atoms with E-state index in [1.165, 1.54) is 11.8 Å².